The molecule has 0 saturated heterocycles. The lowest BCUT2D eigenvalue weighted by molar-refractivity contribution is -0.0498. The highest BCUT2D eigenvalue weighted by Crippen LogP contribution is 2.28. The third-order valence-corrected chi connectivity index (χ3v) is 4.08. The Morgan fingerprint density at radius 1 is 1.32 bits per heavy atom. The van der Waals surface area contributed by atoms with Gasteiger partial charge in [0, 0.05) is 26.7 Å². The molecule has 2 rings (SSSR count). The third-order valence-electron chi connectivity index (χ3n) is 4.08. The minimum absolute atomic E-state index is 0. The smallest absolute Gasteiger partial charge is 0.387 e. The minimum atomic E-state index is -2.83. The topological polar surface area (TPSA) is 66.3 Å². The highest BCUT2D eigenvalue weighted by molar-refractivity contribution is 14.0. The van der Waals surface area contributed by atoms with Gasteiger partial charge in [-0.05, 0) is 43.4 Å². The first-order valence-corrected chi connectivity index (χ1v) is 9.27. The summed E-state index contributed by atoms with van der Waals surface area (Å²) in [5.74, 6) is 1.46. The average Bonchev–Trinajstić information content (AvgIpc) is 3.44. The Bertz CT molecular complexity index is 586. The van der Waals surface area contributed by atoms with Crippen LogP contribution in [0.4, 0.5) is 8.78 Å². The number of rotatable bonds is 11. The number of aliphatic imine (C=N–C) groups is 1. The zero-order valence-corrected chi connectivity index (χ0v) is 18.6. The summed E-state index contributed by atoms with van der Waals surface area (Å²) in [6.45, 7) is 1.62. The maximum absolute atomic E-state index is 12.2. The average molecular weight is 513 g/mol. The maximum atomic E-state index is 12.2. The number of hydrogen-bond acceptors (Lipinski definition) is 4. The van der Waals surface area contributed by atoms with Crippen LogP contribution in [0.5, 0.6) is 5.75 Å². The second kappa shape index (κ2) is 13.1. The van der Waals surface area contributed by atoms with Crippen LogP contribution in [0.2, 0.25) is 0 Å². The van der Waals surface area contributed by atoms with Crippen molar-refractivity contribution in [2.45, 2.75) is 39.0 Å². The van der Waals surface area contributed by atoms with Gasteiger partial charge in [-0.15, -0.1) is 24.0 Å². The molecule has 0 aliphatic heterocycles. The third kappa shape index (κ3) is 9.83. The Hall–Kier alpha value is -1.20. The molecule has 160 valence electrons. The van der Waals surface area contributed by atoms with Crippen LogP contribution < -0.4 is 10.1 Å². The van der Waals surface area contributed by atoms with E-state index in [1.54, 1.807) is 12.1 Å². The van der Waals surface area contributed by atoms with Crippen LogP contribution in [0.3, 0.4) is 0 Å². The molecule has 1 saturated carbocycles. The molecule has 1 aliphatic rings. The normalized spacial score (nSPS) is 15.1. The lowest BCUT2D eigenvalue weighted by atomic mass is 10.2. The summed E-state index contributed by atoms with van der Waals surface area (Å²) in [7, 11) is 1.88. The van der Waals surface area contributed by atoms with E-state index < -0.39 is 12.7 Å². The van der Waals surface area contributed by atoms with Gasteiger partial charge in [0.15, 0.2) is 5.96 Å². The summed E-state index contributed by atoms with van der Waals surface area (Å²) in [5.41, 5.74) is 0.929. The molecule has 0 amide bonds. The van der Waals surface area contributed by atoms with E-state index in [0.29, 0.717) is 31.6 Å². The summed E-state index contributed by atoms with van der Waals surface area (Å²) >= 11 is 0. The molecule has 0 heterocycles. The molecule has 28 heavy (non-hydrogen) atoms. The van der Waals surface area contributed by atoms with Gasteiger partial charge >= 0.3 is 6.61 Å². The van der Waals surface area contributed by atoms with Crippen LogP contribution in [0.15, 0.2) is 29.3 Å². The molecule has 6 nitrogen and oxygen atoms in total. The number of nitrogens with one attached hydrogen (secondary N) is 1. The number of nitrogens with zero attached hydrogens (tertiary/aromatic N) is 2. The first-order chi connectivity index (χ1) is 13.0. The van der Waals surface area contributed by atoms with E-state index in [1.165, 1.54) is 25.0 Å². The standard InChI is InChI=1S/C19H29F2N3O3.HI/c1-3-22-19(23-10-16(25)13-26-12-15-4-5-15)24(2)11-14-6-8-17(9-7-14)27-18(20)21;/h6-9,15-16,18,25H,3-5,10-13H2,1-2H3,(H,22,23);1H. The number of benzene rings is 1. The van der Waals surface area contributed by atoms with Crippen LogP contribution >= 0.6 is 24.0 Å². The zero-order chi connectivity index (χ0) is 19.6. The van der Waals surface area contributed by atoms with E-state index in [0.717, 1.165) is 5.56 Å². The maximum Gasteiger partial charge on any atom is 0.387 e. The molecule has 1 fully saturated rings. The summed E-state index contributed by atoms with van der Waals surface area (Å²) in [6, 6.07) is 6.50. The number of alkyl halides is 2. The summed E-state index contributed by atoms with van der Waals surface area (Å²) in [4.78, 5) is 6.36. The van der Waals surface area contributed by atoms with Gasteiger partial charge in [0.25, 0.3) is 0 Å². The molecular weight excluding hydrogens is 483 g/mol. The zero-order valence-electron chi connectivity index (χ0n) is 16.3. The molecule has 9 heteroatoms. The van der Waals surface area contributed by atoms with Crippen LogP contribution in [0, 0.1) is 5.92 Å². The second-order valence-corrected chi connectivity index (χ2v) is 6.71. The Morgan fingerprint density at radius 2 is 2.00 bits per heavy atom. The van der Waals surface area contributed by atoms with Crippen molar-refractivity contribution < 1.29 is 23.4 Å². The Kier molecular flexibility index (Phi) is 11.6. The summed E-state index contributed by atoms with van der Waals surface area (Å²) in [5, 5.41) is 13.2. The van der Waals surface area contributed by atoms with Crippen molar-refractivity contribution in [3.63, 3.8) is 0 Å². The van der Waals surface area contributed by atoms with E-state index in [2.05, 4.69) is 15.0 Å². The van der Waals surface area contributed by atoms with Crippen LogP contribution in [-0.4, -0.2) is 62.0 Å². The first-order valence-electron chi connectivity index (χ1n) is 9.27. The molecule has 0 radical (unpaired) electrons. The van der Waals surface area contributed by atoms with Gasteiger partial charge in [-0.1, -0.05) is 12.1 Å². The van der Waals surface area contributed by atoms with E-state index in [-0.39, 0.29) is 42.9 Å². The molecule has 1 aromatic rings. The van der Waals surface area contributed by atoms with Gasteiger partial charge in [-0.3, -0.25) is 4.99 Å². The molecule has 1 aromatic carbocycles. The molecule has 1 atom stereocenters. The molecule has 0 bridgehead atoms. The van der Waals surface area contributed by atoms with Crippen molar-refractivity contribution in [2.24, 2.45) is 10.9 Å². The summed E-state index contributed by atoms with van der Waals surface area (Å²) in [6.07, 6.45) is 1.80. The first kappa shape index (κ1) is 24.8. The van der Waals surface area contributed by atoms with Crippen molar-refractivity contribution in [3.05, 3.63) is 29.8 Å². The van der Waals surface area contributed by atoms with Crippen molar-refractivity contribution in [1.29, 1.82) is 0 Å². The fraction of sp³-hybridized carbons (Fsp3) is 0.632. The van der Waals surface area contributed by atoms with Gasteiger partial charge < -0.3 is 24.8 Å². The molecule has 1 aliphatic carbocycles. The second-order valence-electron chi connectivity index (χ2n) is 6.71. The van der Waals surface area contributed by atoms with Crippen LogP contribution in [-0.2, 0) is 11.3 Å². The van der Waals surface area contributed by atoms with Crippen molar-refractivity contribution in [2.75, 3.05) is 33.4 Å². The predicted molar refractivity (Wildman–Crippen MR) is 115 cm³/mol. The van der Waals surface area contributed by atoms with Gasteiger partial charge in [0.05, 0.1) is 19.3 Å². The number of hydrogen-bond donors (Lipinski definition) is 2. The lowest BCUT2D eigenvalue weighted by Crippen LogP contribution is -2.39. The lowest BCUT2D eigenvalue weighted by Gasteiger charge is -2.22. The van der Waals surface area contributed by atoms with Gasteiger partial charge in [-0.2, -0.15) is 8.78 Å². The number of ether oxygens (including phenoxy) is 2. The Morgan fingerprint density at radius 3 is 2.57 bits per heavy atom. The quantitative estimate of drug-likeness (QED) is 0.271. The molecule has 0 spiro atoms. The largest absolute Gasteiger partial charge is 0.435 e. The molecular formula is C19H30F2IN3O3. The van der Waals surface area contributed by atoms with Gasteiger partial charge in [0.1, 0.15) is 5.75 Å². The number of halogens is 3. The predicted octanol–water partition coefficient (Wildman–Crippen LogP) is 3.09. The minimum Gasteiger partial charge on any atom is -0.435 e. The highest BCUT2D eigenvalue weighted by atomic mass is 127. The van der Waals surface area contributed by atoms with E-state index in [4.69, 9.17) is 4.74 Å². The SMILES string of the molecule is CCNC(=NCC(O)COCC1CC1)N(C)Cc1ccc(OC(F)F)cc1.I. The van der Waals surface area contributed by atoms with Crippen LogP contribution in [0.25, 0.3) is 0 Å². The number of aliphatic hydroxyl groups is 1. The van der Waals surface area contributed by atoms with Crippen molar-refractivity contribution >= 4 is 29.9 Å². The van der Waals surface area contributed by atoms with Crippen molar-refractivity contribution in [1.82, 2.24) is 10.2 Å². The summed E-state index contributed by atoms with van der Waals surface area (Å²) < 4.78 is 34.3. The Balaban J connectivity index is 0.00000392. The molecule has 0 aromatic heterocycles. The van der Waals surface area contributed by atoms with Gasteiger partial charge in [-0.25, -0.2) is 0 Å². The van der Waals surface area contributed by atoms with E-state index in [1.807, 2.05) is 18.9 Å². The van der Waals surface area contributed by atoms with Crippen molar-refractivity contribution in [3.8, 4) is 5.75 Å². The fourth-order valence-electron chi connectivity index (χ4n) is 2.49. The monoisotopic (exact) mass is 513 g/mol. The number of aliphatic hydroxyl groups excluding tert-OH is 1. The van der Waals surface area contributed by atoms with Gasteiger partial charge in [0.2, 0.25) is 0 Å². The Labute approximate surface area is 182 Å². The molecule has 1 unspecified atom stereocenters. The van der Waals surface area contributed by atoms with E-state index >= 15 is 0 Å². The van der Waals surface area contributed by atoms with E-state index in [9.17, 15) is 13.9 Å². The number of guanidine groups is 1. The van der Waals surface area contributed by atoms with Crippen LogP contribution in [0.1, 0.15) is 25.3 Å². The molecule has 2 N–H and O–H groups in total. The highest BCUT2D eigenvalue weighted by Gasteiger charge is 2.21. The fourth-order valence-corrected chi connectivity index (χ4v) is 2.49.